The number of ether oxygens (including phenoxy) is 2. The molecule has 1 aliphatic carbocycles. The van der Waals surface area contributed by atoms with E-state index >= 15 is 0 Å². The van der Waals surface area contributed by atoms with Crippen molar-refractivity contribution in [3.05, 3.63) is 35.9 Å². The van der Waals surface area contributed by atoms with Crippen LogP contribution in [0.15, 0.2) is 30.3 Å². The number of rotatable bonds is 15. The Labute approximate surface area is 236 Å². The number of hydrogen-bond donors (Lipinski definition) is 2. The molecule has 1 aliphatic rings. The van der Waals surface area contributed by atoms with E-state index in [1.165, 1.54) is 19.3 Å². The third-order valence-corrected chi connectivity index (χ3v) is 7.34. The summed E-state index contributed by atoms with van der Waals surface area (Å²) in [6, 6.07) is 9.17. The molecule has 1 aromatic carbocycles. The zero-order valence-electron chi connectivity index (χ0n) is 24.9. The molecule has 2 unspecified atom stereocenters. The molecule has 7 heteroatoms. The maximum absolute atomic E-state index is 13.1. The van der Waals surface area contributed by atoms with Crippen molar-refractivity contribution < 1.29 is 23.9 Å². The fourth-order valence-electron chi connectivity index (χ4n) is 5.18. The summed E-state index contributed by atoms with van der Waals surface area (Å²) in [5, 5.41) is 5.97. The van der Waals surface area contributed by atoms with Gasteiger partial charge in [-0.3, -0.25) is 9.59 Å². The number of hydrogen-bond acceptors (Lipinski definition) is 5. The third kappa shape index (κ3) is 15.0. The molecule has 3 atom stereocenters. The molecule has 1 fully saturated rings. The van der Waals surface area contributed by atoms with Gasteiger partial charge in [0, 0.05) is 12.5 Å². The van der Waals surface area contributed by atoms with Crippen LogP contribution in [0.4, 0.5) is 4.79 Å². The van der Waals surface area contributed by atoms with E-state index in [2.05, 4.69) is 17.6 Å². The Kier molecular flexibility index (Phi) is 14.4. The van der Waals surface area contributed by atoms with Crippen molar-refractivity contribution in [2.75, 3.05) is 0 Å². The molecule has 0 saturated heterocycles. The van der Waals surface area contributed by atoms with Crippen molar-refractivity contribution in [1.82, 2.24) is 10.6 Å². The lowest BCUT2D eigenvalue weighted by atomic mass is 9.84. The lowest BCUT2D eigenvalue weighted by Crippen LogP contribution is -2.51. The van der Waals surface area contributed by atoms with E-state index in [4.69, 9.17) is 9.47 Å². The lowest BCUT2D eigenvalue weighted by molar-refractivity contribution is -0.145. The van der Waals surface area contributed by atoms with Gasteiger partial charge in [-0.1, -0.05) is 88.6 Å². The van der Waals surface area contributed by atoms with Gasteiger partial charge in [-0.05, 0) is 64.4 Å². The SMILES string of the molecule is CC(CCCC(=O)OCc1ccccc1)CCCC(C)NC(=O)[C@@H](CC1CCCCC1)NC(=O)OC(C)(C)C. The molecule has 2 amide bonds. The Bertz CT molecular complexity index is 861. The Morgan fingerprint density at radius 2 is 1.59 bits per heavy atom. The smallest absolute Gasteiger partial charge is 0.408 e. The van der Waals surface area contributed by atoms with Crippen LogP contribution < -0.4 is 10.6 Å². The third-order valence-electron chi connectivity index (χ3n) is 7.34. The van der Waals surface area contributed by atoms with E-state index in [0.717, 1.165) is 50.5 Å². The molecule has 0 aliphatic heterocycles. The van der Waals surface area contributed by atoms with Crippen LogP contribution in [0.5, 0.6) is 0 Å². The van der Waals surface area contributed by atoms with Crippen LogP contribution in [0, 0.1) is 11.8 Å². The molecular formula is C32H52N2O5. The van der Waals surface area contributed by atoms with E-state index in [9.17, 15) is 14.4 Å². The first-order valence-electron chi connectivity index (χ1n) is 15.0. The summed E-state index contributed by atoms with van der Waals surface area (Å²) in [7, 11) is 0. The number of alkyl carbamates (subject to hydrolysis) is 1. The molecule has 1 aromatic rings. The Morgan fingerprint density at radius 1 is 0.923 bits per heavy atom. The minimum absolute atomic E-state index is 0.0203. The molecule has 220 valence electrons. The van der Waals surface area contributed by atoms with Crippen molar-refractivity contribution in [1.29, 1.82) is 0 Å². The Balaban J connectivity index is 1.67. The highest BCUT2D eigenvalue weighted by atomic mass is 16.6. The molecule has 0 spiro atoms. The highest BCUT2D eigenvalue weighted by molar-refractivity contribution is 5.85. The van der Waals surface area contributed by atoms with Crippen LogP contribution in [-0.2, 0) is 25.7 Å². The summed E-state index contributed by atoms with van der Waals surface area (Å²) < 4.78 is 10.8. The zero-order chi connectivity index (χ0) is 28.7. The monoisotopic (exact) mass is 544 g/mol. The number of carbonyl (C=O) groups is 3. The second-order valence-electron chi connectivity index (χ2n) is 12.4. The summed E-state index contributed by atoms with van der Waals surface area (Å²) in [6.45, 7) is 10.0. The van der Waals surface area contributed by atoms with Crippen LogP contribution in [0.3, 0.4) is 0 Å². The average molecular weight is 545 g/mol. The first kappa shape index (κ1) is 32.6. The van der Waals surface area contributed by atoms with Crippen molar-refractivity contribution in [3.8, 4) is 0 Å². The van der Waals surface area contributed by atoms with Crippen molar-refractivity contribution in [3.63, 3.8) is 0 Å². The van der Waals surface area contributed by atoms with Gasteiger partial charge >= 0.3 is 12.1 Å². The maximum Gasteiger partial charge on any atom is 0.408 e. The van der Waals surface area contributed by atoms with Gasteiger partial charge in [-0.25, -0.2) is 4.79 Å². The molecule has 0 aromatic heterocycles. The average Bonchev–Trinajstić information content (AvgIpc) is 2.87. The van der Waals surface area contributed by atoms with Crippen molar-refractivity contribution >= 4 is 18.0 Å². The van der Waals surface area contributed by atoms with Gasteiger partial charge in [-0.2, -0.15) is 0 Å². The standard InChI is InChI=1S/C32H52N2O5/c1-24(15-13-21-29(35)38-23-27-19-10-7-11-20-27)14-12-16-25(2)33-30(36)28(22-26-17-8-6-9-18-26)34-31(37)39-32(3,4)5/h7,10-11,19-20,24-26,28H,6,8-9,12-18,21-23H2,1-5H3,(H,33,36)(H,34,37)/t24?,25?,28-/m1/s1. The number of esters is 1. The van der Waals surface area contributed by atoms with Gasteiger partial charge in [0.15, 0.2) is 0 Å². The van der Waals surface area contributed by atoms with Gasteiger partial charge in [0.1, 0.15) is 18.2 Å². The first-order valence-corrected chi connectivity index (χ1v) is 15.0. The largest absolute Gasteiger partial charge is 0.461 e. The predicted octanol–water partition coefficient (Wildman–Crippen LogP) is 7.07. The number of amides is 2. The van der Waals surface area contributed by atoms with E-state index in [1.54, 1.807) is 0 Å². The summed E-state index contributed by atoms with van der Waals surface area (Å²) in [4.78, 5) is 37.6. The van der Waals surface area contributed by atoms with Crippen molar-refractivity contribution in [2.24, 2.45) is 11.8 Å². The predicted molar refractivity (Wildman–Crippen MR) is 155 cm³/mol. The second kappa shape index (κ2) is 17.2. The highest BCUT2D eigenvalue weighted by Crippen LogP contribution is 2.27. The Hall–Kier alpha value is -2.57. The molecule has 2 N–H and O–H groups in total. The van der Waals surface area contributed by atoms with E-state index in [0.29, 0.717) is 31.3 Å². The van der Waals surface area contributed by atoms with Gasteiger partial charge in [0.2, 0.25) is 5.91 Å². The van der Waals surface area contributed by atoms with Gasteiger partial charge in [0.05, 0.1) is 0 Å². The van der Waals surface area contributed by atoms with E-state index in [1.807, 2.05) is 58.0 Å². The topological polar surface area (TPSA) is 93.7 Å². The van der Waals surface area contributed by atoms with Crippen LogP contribution in [0.1, 0.15) is 117 Å². The molecule has 2 rings (SSSR count). The first-order chi connectivity index (χ1) is 18.5. The quantitative estimate of drug-likeness (QED) is 0.230. The van der Waals surface area contributed by atoms with Crippen LogP contribution in [-0.4, -0.2) is 35.7 Å². The van der Waals surface area contributed by atoms with Gasteiger partial charge < -0.3 is 20.1 Å². The van der Waals surface area contributed by atoms with E-state index < -0.39 is 17.7 Å². The molecule has 39 heavy (non-hydrogen) atoms. The molecule has 0 heterocycles. The second-order valence-corrected chi connectivity index (χ2v) is 12.4. The van der Waals surface area contributed by atoms with Gasteiger partial charge in [-0.15, -0.1) is 0 Å². The number of carbonyl (C=O) groups excluding carboxylic acids is 3. The minimum Gasteiger partial charge on any atom is -0.461 e. The normalized spacial score (nSPS) is 16.5. The molecule has 0 radical (unpaired) electrons. The molecule has 0 bridgehead atoms. The van der Waals surface area contributed by atoms with E-state index in [-0.39, 0.29) is 17.9 Å². The molecular weight excluding hydrogens is 492 g/mol. The zero-order valence-corrected chi connectivity index (χ0v) is 24.9. The van der Waals surface area contributed by atoms with Gasteiger partial charge in [0.25, 0.3) is 0 Å². The van der Waals surface area contributed by atoms with Crippen LogP contribution >= 0.6 is 0 Å². The van der Waals surface area contributed by atoms with Crippen LogP contribution in [0.25, 0.3) is 0 Å². The summed E-state index contributed by atoms with van der Waals surface area (Å²) in [6.07, 6.45) is 11.1. The fraction of sp³-hybridized carbons (Fsp3) is 0.719. The summed E-state index contributed by atoms with van der Waals surface area (Å²) in [5.74, 6) is 0.685. The highest BCUT2D eigenvalue weighted by Gasteiger charge is 2.28. The minimum atomic E-state index is -0.609. The number of benzene rings is 1. The van der Waals surface area contributed by atoms with Crippen LogP contribution in [0.2, 0.25) is 0 Å². The lowest BCUT2D eigenvalue weighted by Gasteiger charge is -2.28. The number of nitrogens with one attached hydrogen (secondary N) is 2. The Morgan fingerprint density at radius 3 is 2.26 bits per heavy atom. The summed E-state index contributed by atoms with van der Waals surface area (Å²) >= 11 is 0. The fourth-order valence-corrected chi connectivity index (χ4v) is 5.18. The van der Waals surface area contributed by atoms with Crippen molar-refractivity contribution in [2.45, 2.75) is 136 Å². The molecule has 1 saturated carbocycles. The summed E-state index contributed by atoms with van der Waals surface area (Å²) in [5.41, 5.74) is 0.393. The molecule has 7 nitrogen and oxygen atoms in total. The maximum atomic E-state index is 13.1.